The van der Waals surface area contributed by atoms with Crippen LogP contribution in [0.25, 0.3) is 10.9 Å². The number of hydrogen-bond donors (Lipinski definition) is 2. The van der Waals surface area contributed by atoms with Crippen LogP contribution in [-0.2, 0) is 19.5 Å². The predicted octanol–water partition coefficient (Wildman–Crippen LogP) is 5.43. The van der Waals surface area contributed by atoms with Crippen LogP contribution < -0.4 is 10.1 Å². The number of aromatic nitrogens is 1. The fourth-order valence-electron chi connectivity index (χ4n) is 4.27. The Morgan fingerprint density at radius 2 is 1.76 bits per heavy atom. The van der Waals surface area contributed by atoms with Gasteiger partial charge in [-0.25, -0.2) is 4.79 Å². The van der Waals surface area contributed by atoms with Crippen molar-refractivity contribution in [3.8, 4) is 5.75 Å². The summed E-state index contributed by atoms with van der Waals surface area (Å²) in [7, 11) is 1.63. The molecule has 0 spiro atoms. The summed E-state index contributed by atoms with van der Waals surface area (Å²) in [6.45, 7) is 3.85. The average molecular weight is 443 g/mol. The van der Waals surface area contributed by atoms with Gasteiger partial charge in [-0.3, -0.25) is 0 Å². The fraction of sp³-hybridized carbons (Fsp3) is 0.250. The third-order valence-electron chi connectivity index (χ3n) is 6.00. The van der Waals surface area contributed by atoms with Crippen LogP contribution >= 0.6 is 0 Å². The first-order chi connectivity index (χ1) is 16.1. The molecule has 4 rings (SSSR count). The van der Waals surface area contributed by atoms with E-state index in [9.17, 15) is 9.90 Å². The molecule has 2 N–H and O–H groups in total. The van der Waals surface area contributed by atoms with Crippen LogP contribution in [0.4, 0.5) is 0 Å². The molecule has 4 aromatic rings. The minimum absolute atomic E-state index is 0.328. The first kappa shape index (κ1) is 22.6. The van der Waals surface area contributed by atoms with E-state index in [2.05, 4.69) is 53.8 Å². The number of aromatic carboxylic acids is 1. The molecule has 5 nitrogen and oxygen atoms in total. The maximum absolute atomic E-state index is 12.4. The van der Waals surface area contributed by atoms with E-state index in [4.69, 9.17) is 4.74 Å². The van der Waals surface area contributed by atoms with Crippen LogP contribution in [0.1, 0.15) is 39.2 Å². The summed E-state index contributed by atoms with van der Waals surface area (Å²) in [5, 5.41) is 14.6. The number of benzene rings is 3. The van der Waals surface area contributed by atoms with Crippen molar-refractivity contribution in [2.24, 2.45) is 0 Å². The molecule has 33 heavy (non-hydrogen) atoms. The Hall–Kier alpha value is -3.57. The molecule has 170 valence electrons. The lowest BCUT2D eigenvalue weighted by molar-refractivity contribution is 0.0684. The normalized spacial score (nSPS) is 11.1. The Kier molecular flexibility index (Phi) is 7.10. The molecule has 0 amide bonds. The van der Waals surface area contributed by atoms with Gasteiger partial charge in [-0.15, -0.1) is 0 Å². The van der Waals surface area contributed by atoms with Crippen molar-refractivity contribution in [1.82, 2.24) is 9.88 Å². The fourth-order valence-corrected chi connectivity index (χ4v) is 4.27. The average Bonchev–Trinajstić information content (AvgIpc) is 3.13. The van der Waals surface area contributed by atoms with Crippen molar-refractivity contribution >= 4 is 16.9 Å². The second kappa shape index (κ2) is 10.4. The van der Waals surface area contributed by atoms with Gasteiger partial charge in [0.05, 0.1) is 12.6 Å². The zero-order valence-electron chi connectivity index (χ0n) is 19.2. The van der Waals surface area contributed by atoms with E-state index in [1.807, 2.05) is 35.8 Å². The molecule has 3 aromatic carbocycles. The summed E-state index contributed by atoms with van der Waals surface area (Å²) < 4.78 is 7.33. The van der Waals surface area contributed by atoms with Crippen molar-refractivity contribution in [3.63, 3.8) is 0 Å². The molecular formula is C28H30N2O3. The summed E-state index contributed by atoms with van der Waals surface area (Å²) in [5.41, 5.74) is 5.56. The van der Waals surface area contributed by atoms with Gasteiger partial charge in [-0.1, -0.05) is 60.2 Å². The highest BCUT2D eigenvalue weighted by molar-refractivity contribution is 5.98. The Morgan fingerprint density at radius 3 is 2.45 bits per heavy atom. The van der Waals surface area contributed by atoms with E-state index in [1.54, 1.807) is 7.11 Å². The third-order valence-corrected chi connectivity index (χ3v) is 6.00. The van der Waals surface area contributed by atoms with Crippen LogP contribution in [0.5, 0.6) is 5.75 Å². The number of rotatable bonds is 10. The highest BCUT2D eigenvalue weighted by atomic mass is 16.5. The van der Waals surface area contributed by atoms with E-state index in [-0.39, 0.29) is 0 Å². The quantitative estimate of drug-likeness (QED) is 0.322. The van der Waals surface area contributed by atoms with Crippen LogP contribution in [0.15, 0.2) is 72.8 Å². The number of carboxylic acid groups (broad SMARTS) is 1. The van der Waals surface area contributed by atoms with Crippen molar-refractivity contribution < 1.29 is 14.6 Å². The van der Waals surface area contributed by atoms with Gasteiger partial charge in [0.15, 0.2) is 0 Å². The molecule has 1 aromatic heterocycles. The largest absolute Gasteiger partial charge is 0.497 e. The Balaban J connectivity index is 1.61. The maximum Gasteiger partial charge on any atom is 0.352 e. The Labute approximate surface area is 194 Å². The van der Waals surface area contributed by atoms with Crippen molar-refractivity contribution in [2.75, 3.05) is 13.7 Å². The van der Waals surface area contributed by atoms with Crippen LogP contribution in [0.2, 0.25) is 0 Å². The van der Waals surface area contributed by atoms with Gasteiger partial charge in [0.2, 0.25) is 0 Å². The SMILES string of the molecule is COc1ccc2c(CNCCCc3ccccc3)c(C(=O)O)n(Cc3ccc(C)cc3)c2c1. The minimum Gasteiger partial charge on any atom is -0.497 e. The van der Waals surface area contributed by atoms with E-state index >= 15 is 0 Å². The van der Waals surface area contributed by atoms with Gasteiger partial charge in [0.25, 0.3) is 0 Å². The minimum atomic E-state index is -0.918. The number of nitrogens with zero attached hydrogens (tertiary/aromatic N) is 1. The van der Waals surface area contributed by atoms with Crippen molar-refractivity contribution in [3.05, 3.63) is 101 Å². The van der Waals surface area contributed by atoms with E-state index in [0.717, 1.165) is 41.4 Å². The summed E-state index contributed by atoms with van der Waals surface area (Å²) in [6, 6.07) is 24.4. The van der Waals surface area contributed by atoms with Crippen molar-refractivity contribution in [2.45, 2.75) is 32.9 Å². The molecule has 0 unspecified atom stereocenters. The standard InChI is InChI=1S/C28H30N2O3/c1-20-10-12-22(13-11-20)19-30-26-17-23(33-2)14-15-24(26)25(27(30)28(31)32)18-29-16-6-9-21-7-4-3-5-8-21/h3-5,7-8,10-15,17,29H,6,9,16,18-19H2,1-2H3,(H,31,32). The first-order valence-corrected chi connectivity index (χ1v) is 11.3. The highest BCUT2D eigenvalue weighted by Crippen LogP contribution is 2.30. The Bertz CT molecular complexity index is 1230. The molecule has 5 heteroatoms. The maximum atomic E-state index is 12.4. The number of aryl methyl sites for hydroxylation is 2. The predicted molar refractivity (Wildman–Crippen MR) is 132 cm³/mol. The summed E-state index contributed by atoms with van der Waals surface area (Å²) in [6.07, 6.45) is 1.98. The van der Waals surface area contributed by atoms with Crippen LogP contribution in [0, 0.1) is 6.92 Å². The third kappa shape index (κ3) is 5.26. The van der Waals surface area contributed by atoms with Gasteiger partial charge >= 0.3 is 5.97 Å². The summed E-state index contributed by atoms with van der Waals surface area (Å²) >= 11 is 0. The summed E-state index contributed by atoms with van der Waals surface area (Å²) in [5.74, 6) is -0.206. The van der Waals surface area contributed by atoms with Crippen LogP contribution in [-0.4, -0.2) is 29.3 Å². The van der Waals surface area contributed by atoms with Crippen molar-refractivity contribution in [1.29, 1.82) is 0 Å². The molecule has 0 aliphatic carbocycles. The number of hydrogen-bond acceptors (Lipinski definition) is 3. The zero-order chi connectivity index (χ0) is 23.2. The number of fused-ring (bicyclic) bond motifs is 1. The lowest BCUT2D eigenvalue weighted by atomic mass is 10.1. The molecule has 0 radical (unpaired) electrons. The van der Waals surface area contributed by atoms with Gasteiger partial charge in [-0.05, 0) is 49.6 Å². The second-order valence-electron chi connectivity index (χ2n) is 8.35. The number of methoxy groups -OCH3 is 1. The van der Waals surface area contributed by atoms with Gasteiger partial charge in [-0.2, -0.15) is 0 Å². The molecule has 1 heterocycles. The lowest BCUT2D eigenvalue weighted by Gasteiger charge is -2.11. The monoisotopic (exact) mass is 442 g/mol. The topological polar surface area (TPSA) is 63.5 Å². The summed E-state index contributed by atoms with van der Waals surface area (Å²) in [4.78, 5) is 12.4. The molecule has 0 aliphatic heterocycles. The molecule has 0 bridgehead atoms. The highest BCUT2D eigenvalue weighted by Gasteiger charge is 2.22. The van der Waals surface area contributed by atoms with Crippen LogP contribution in [0.3, 0.4) is 0 Å². The van der Waals surface area contributed by atoms with E-state index in [0.29, 0.717) is 24.5 Å². The molecular weight excluding hydrogens is 412 g/mol. The first-order valence-electron chi connectivity index (χ1n) is 11.3. The number of carboxylic acids is 1. The smallest absolute Gasteiger partial charge is 0.352 e. The van der Waals surface area contributed by atoms with Gasteiger partial charge in [0, 0.05) is 30.1 Å². The molecule has 0 saturated carbocycles. The molecule has 0 aliphatic rings. The lowest BCUT2D eigenvalue weighted by Crippen LogP contribution is -2.18. The number of carbonyl (C=O) groups is 1. The van der Waals surface area contributed by atoms with E-state index in [1.165, 1.54) is 11.1 Å². The van der Waals surface area contributed by atoms with Gasteiger partial charge < -0.3 is 19.7 Å². The molecule has 0 saturated heterocycles. The number of ether oxygens (including phenoxy) is 1. The molecule has 0 fully saturated rings. The zero-order valence-corrected chi connectivity index (χ0v) is 19.2. The molecule has 0 atom stereocenters. The second-order valence-corrected chi connectivity index (χ2v) is 8.35. The number of nitrogens with one attached hydrogen (secondary N) is 1. The Morgan fingerprint density at radius 1 is 1.00 bits per heavy atom. The van der Waals surface area contributed by atoms with E-state index < -0.39 is 5.97 Å². The van der Waals surface area contributed by atoms with Gasteiger partial charge in [0.1, 0.15) is 11.4 Å².